The van der Waals surface area contributed by atoms with Crippen LogP contribution in [0.3, 0.4) is 0 Å². The molecule has 0 saturated carbocycles. The van der Waals surface area contributed by atoms with Gasteiger partial charge in [-0.1, -0.05) is 133 Å². The number of rotatable bonds is 4. The van der Waals surface area contributed by atoms with Gasteiger partial charge in [-0.15, -0.1) is 0 Å². The first-order chi connectivity index (χ1) is 22.3. The van der Waals surface area contributed by atoms with Crippen LogP contribution in [0.1, 0.15) is 35.7 Å². The minimum absolute atomic E-state index is 0.322. The summed E-state index contributed by atoms with van der Waals surface area (Å²) in [6, 6.07) is 46.4. The first-order valence-corrected chi connectivity index (χ1v) is 16.0. The largest absolute Gasteiger partial charge is 0.293 e. The summed E-state index contributed by atoms with van der Waals surface area (Å²) in [7, 11) is 0. The molecule has 0 fully saturated rings. The van der Waals surface area contributed by atoms with Gasteiger partial charge in [0.05, 0.1) is 11.4 Å². The van der Waals surface area contributed by atoms with Crippen molar-refractivity contribution in [2.45, 2.75) is 25.2 Å². The van der Waals surface area contributed by atoms with Crippen molar-refractivity contribution >= 4 is 39.8 Å². The third-order valence-corrected chi connectivity index (χ3v) is 9.57. The number of benzene rings is 6. The molecule has 2 aliphatic rings. The molecule has 2 nitrogen and oxygen atoms in total. The third kappa shape index (κ3) is 4.29. The Morgan fingerprint density at radius 3 is 1.98 bits per heavy atom. The van der Waals surface area contributed by atoms with Crippen LogP contribution in [0.4, 0.5) is 0 Å². The molecular formula is C43H32N2. The van der Waals surface area contributed by atoms with Gasteiger partial charge in [-0.3, -0.25) is 4.57 Å². The second kappa shape index (κ2) is 10.6. The van der Waals surface area contributed by atoms with Gasteiger partial charge in [-0.25, -0.2) is 4.98 Å². The molecule has 2 aliphatic carbocycles. The van der Waals surface area contributed by atoms with Crippen molar-refractivity contribution in [1.29, 1.82) is 0 Å². The maximum atomic E-state index is 5.13. The maximum Gasteiger partial charge on any atom is 0.145 e. The molecular weight excluding hydrogens is 544 g/mol. The SMILES string of the molecule is C1=Cc2c(nc(-c3ccccc3)n2-c2ccc(-c3c4ccccc4c(C4C=c5ccccc5=CC4)c4ccccc34)cc2)CC1. The van der Waals surface area contributed by atoms with Gasteiger partial charge in [0.1, 0.15) is 5.82 Å². The highest BCUT2D eigenvalue weighted by molar-refractivity contribution is 6.15. The molecule has 214 valence electrons. The number of hydrogen-bond donors (Lipinski definition) is 0. The lowest BCUT2D eigenvalue weighted by atomic mass is 9.81. The summed E-state index contributed by atoms with van der Waals surface area (Å²) in [4.78, 5) is 5.13. The average Bonchev–Trinajstić information content (AvgIpc) is 3.51. The molecule has 9 rings (SSSR count). The van der Waals surface area contributed by atoms with E-state index in [4.69, 9.17) is 4.98 Å². The summed E-state index contributed by atoms with van der Waals surface area (Å²) in [5, 5.41) is 7.95. The first kappa shape index (κ1) is 26.0. The summed E-state index contributed by atoms with van der Waals surface area (Å²) < 4.78 is 2.33. The highest BCUT2D eigenvalue weighted by Gasteiger charge is 2.22. The molecule has 45 heavy (non-hydrogen) atoms. The van der Waals surface area contributed by atoms with Crippen LogP contribution in [0, 0.1) is 0 Å². The second-order valence-electron chi connectivity index (χ2n) is 12.2. The van der Waals surface area contributed by atoms with Crippen molar-refractivity contribution in [3.05, 3.63) is 161 Å². The summed E-state index contributed by atoms with van der Waals surface area (Å²) in [6.07, 6.45) is 12.4. The topological polar surface area (TPSA) is 17.8 Å². The van der Waals surface area contributed by atoms with Crippen LogP contribution in [-0.4, -0.2) is 9.55 Å². The summed E-state index contributed by atoms with van der Waals surface area (Å²) in [5.41, 5.74) is 8.59. The fourth-order valence-electron chi connectivity index (χ4n) is 7.53. The highest BCUT2D eigenvalue weighted by Crippen LogP contribution is 2.43. The molecule has 1 aromatic heterocycles. The van der Waals surface area contributed by atoms with E-state index in [-0.39, 0.29) is 0 Å². The highest BCUT2D eigenvalue weighted by atomic mass is 15.1. The molecule has 7 aromatic rings. The lowest BCUT2D eigenvalue weighted by Crippen LogP contribution is -2.27. The number of fused-ring (bicyclic) bond motifs is 4. The van der Waals surface area contributed by atoms with Crippen LogP contribution in [0.25, 0.3) is 68.0 Å². The van der Waals surface area contributed by atoms with Crippen molar-refractivity contribution in [3.8, 4) is 28.2 Å². The zero-order valence-electron chi connectivity index (χ0n) is 25.0. The van der Waals surface area contributed by atoms with E-state index in [9.17, 15) is 0 Å². The van der Waals surface area contributed by atoms with Gasteiger partial charge < -0.3 is 0 Å². The van der Waals surface area contributed by atoms with E-state index < -0.39 is 0 Å². The van der Waals surface area contributed by atoms with E-state index in [1.165, 1.54) is 60.1 Å². The molecule has 0 spiro atoms. The van der Waals surface area contributed by atoms with Gasteiger partial charge in [-0.2, -0.15) is 0 Å². The van der Waals surface area contributed by atoms with E-state index in [2.05, 4.69) is 156 Å². The average molecular weight is 577 g/mol. The standard InChI is InChI=1S/C43H32N2/c1-2-13-31(14-3-1)43-44-39-20-10-11-21-40(39)45(43)34-26-24-30(25-27-34)41-35-16-6-8-18-37(35)42(38-19-9-7-17-36(38)41)33-23-22-29-12-4-5-15-32(29)28-33/h1-9,11-19,21-22,24-28,33H,10,20,23H2. The molecule has 0 N–H and O–H groups in total. The van der Waals surface area contributed by atoms with Crippen LogP contribution in [0.5, 0.6) is 0 Å². The Labute approximate surface area is 263 Å². The van der Waals surface area contributed by atoms with E-state index in [1.807, 2.05) is 0 Å². The summed E-state index contributed by atoms with van der Waals surface area (Å²) >= 11 is 0. The van der Waals surface area contributed by atoms with E-state index in [1.54, 1.807) is 0 Å². The fourth-order valence-corrected chi connectivity index (χ4v) is 7.53. The molecule has 1 atom stereocenters. The minimum Gasteiger partial charge on any atom is -0.293 e. The lowest BCUT2D eigenvalue weighted by molar-refractivity contribution is 0.936. The van der Waals surface area contributed by atoms with E-state index in [0.717, 1.165) is 36.3 Å². The number of imidazole rings is 1. The van der Waals surface area contributed by atoms with Crippen molar-refractivity contribution in [2.24, 2.45) is 0 Å². The molecule has 0 aliphatic heterocycles. The van der Waals surface area contributed by atoms with Crippen LogP contribution >= 0.6 is 0 Å². The van der Waals surface area contributed by atoms with Gasteiger partial charge in [0.2, 0.25) is 0 Å². The monoisotopic (exact) mass is 576 g/mol. The molecule has 0 radical (unpaired) electrons. The van der Waals surface area contributed by atoms with Crippen molar-refractivity contribution in [2.75, 3.05) is 0 Å². The number of hydrogen-bond acceptors (Lipinski definition) is 1. The number of aromatic nitrogens is 2. The number of allylic oxidation sites excluding steroid dienone is 1. The Bertz CT molecular complexity index is 2340. The van der Waals surface area contributed by atoms with Crippen LogP contribution in [0.2, 0.25) is 0 Å². The Morgan fingerprint density at radius 1 is 0.600 bits per heavy atom. The smallest absolute Gasteiger partial charge is 0.145 e. The molecule has 6 aromatic carbocycles. The molecule has 2 heteroatoms. The van der Waals surface area contributed by atoms with Crippen LogP contribution in [0.15, 0.2) is 133 Å². The Balaban J connectivity index is 1.23. The number of aryl methyl sites for hydroxylation is 1. The molecule has 1 heterocycles. The maximum absolute atomic E-state index is 5.13. The van der Waals surface area contributed by atoms with Crippen molar-refractivity contribution in [1.82, 2.24) is 9.55 Å². The van der Waals surface area contributed by atoms with Crippen LogP contribution in [-0.2, 0) is 6.42 Å². The molecule has 0 saturated heterocycles. The van der Waals surface area contributed by atoms with Crippen LogP contribution < -0.4 is 10.4 Å². The number of nitrogens with zero attached hydrogens (tertiary/aromatic N) is 2. The van der Waals surface area contributed by atoms with Gasteiger partial charge in [0.15, 0.2) is 0 Å². The molecule has 0 bridgehead atoms. The first-order valence-electron chi connectivity index (χ1n) is 16.0. The van der Waals surface area contributed by atoms with Gasteiger partial charge in [0.25, 0.3) is 0 Å². The predicted octanol–water partition coefficient (Wildman–Crippen LogP) is 9.22. The van der Waals surface area contributed by atoms with Crippen molar-refractivity contribution < 1.29 is 0 Å². The predicted molar refractivity (Wildman–Crippen MR) is 189 cm³/mol. The van der Waals surface area contributed by atoms with E-state index in [0.29, 0.717) is 5.92 Å². The lowest BCUT2D eigenvalue weighted by Gasteiger charge is -2.23. The molecule has 0 amide bonds. The summed E-state index contributed by atoms with van der Waals surface area (Å²) in [5.74, 6) is 1.32. The Kier molecular flexibility index (Phi) is 6.12. The Hall–Kier alpha value is -5.47. The Morgan fingerprint density at radius 2 is 1.24 bits per heavy atom. The second-order valence-corrected chi connectivity index (χ2v) is 12.2. The quantitative estimate of drug-likeness (QED) is 0.191. The zero-order valence-corrected chi connectivity index (χ0v) is 25.0. The van der Waals surface area contributed by atoms with Gasteiger partial charge in [0, 0.05) is 17.2 Å². The fraction of sp³-hybridized carbons (Fsp3) is 0.0930. The third-order valence-electron chi connectivity index (χ3n) is 9.57. The molecule has 1 unspecified atom stereocenters. The minimum atomic E-state index is 0.322. The van der Waals surface area contributed by atoms with Gasteiger partial charge in [-0.05, 0) is 86.1 Å². The van der Waals surface area contributed by atoms with E-state index >= 15 is 0 Å². The van der Waals surface area contributed by atoms with Crippen molar-refractivity contribution in [3.63, 3.8) is 0 Å². The normalized spacial score (nSPS) is 15.3. The van der Waals surface area contributed by atoms with Gasteiger partial charge >= 0.3 is 0 Å². The summed E-state index contributed by atoms with van der Waals surface area (Å²) in [6.45, 7) is 0. The zero-order chi connectivity index (χ0) is 29.7.